The van der Waals surface area contributed by atoms with Crippen LogP contribution in [0.15, 0.2) is 24.3 Å². The molecule has 22 heavy (non-hydrogen) atoms. The van der Waals surface area contributed by atoms with E-state index < -0.39 is 18.3 Å². The van der Waals surface area contributed by atoms with Crippen molar-refractivity contribution in [2.75, 3.05) is 11.9 Å². The molecule has 0 saturated carbocycles. The molecule has 2 amide bonds. The van der Waals surface area contributed by atoms with Gasteiger partial charge < -0.3 is 25.4 Å². The van der Waals surface area contributed by atoms with E-state index in [0.29, 0.717) is 17.7 Å². The zero-order valence-electron chi connectivity index (χ0n) is 13.8. The van der Waals surface area contributed by atoms with Crippen LogP contribution >= 0.6 is 0 Å². The van der Waals surface area contributed by atoms with E-state index in [9.17, 15) is 14.9 Å². The van der Waals surface area contributed by atoms with Crippen molar-refractivity contribution in [3.8, 4) is 0 Å². The maximum atomic E-state index is 11.4. The third-order valence-electron chi connectivity index (χ3n) is 3.67. The molecule has 0 aromatic heterocycles. The van der Waals surface area contributed by atoms with Gasteiger partial charge in [0.2, 0.25) is 0 Å². The molecule has 1 aromatic rings. The fourth-order valence-corrected chi connectivity index (χ4v) is 1.56. The summed E-state index contributed by atoms with van der Waals surface area (Å²) in [5, 5.41) is 25.5. The summed E-state index contributed by atoms with van der Waals surface area (Å²) in [6.45, 7) is 9.05. The number of carbonyl (C=O) groups is 1. The highest BCUT2D eigenvalue weighted by atomic mass is 16.5. The van der Waals surface area contributed by atoms with Crippen LogP contribution in [0, 0.1) is 0 Å². The molecule has 0 unspecified atom stereocenters. The number of amides is 2. The number of aliphatic hydroxyl groups is 1. The average molecular weight is 308 g/mol. The Hall–Kier alpha value is -1.57. The Morgan fingerprint density at radius 2 is 1.77 bits per heavy atom. The molecule has 6 nitrogen and oxygen atoms in total. The molecule has 122 valence electrons. The third kappa shape index (κ3) is 5.01. The lowest BCUT2D eigenvalue weighted by molar-refractivity contribution is -0.0982. The van der Waals surface area contributed by atoms with E-state index in [1.54, 1.807) is 52.0 Å². The topological polar surface area (TPSA) is 90.8 Å². The van der Waals surface area contributed by atoms with Crippen molar-refractivity contribution in [3.05, 3.63) is 24.3 Å². The number of benzene rings is 1. The van der Waals surface area contributed by atoms with E-state index in [4.69, 9.17) is 4.65 Å². The van der Waals surface area contributed by atoms with Crippen LogP contribution in [0.1, 0.15) is 34.6 Å². The number of carbonyl (C=O) groups excluding carboxylic acids is 1. The van der Waals surface area contributed by atoms with Gasteiger partial charge in [-0.15, -0.1) is 0 Å². The van der Waals surface area contributed by atoms with E-state index in [2.05, 4.69) is 10.6 Å². The van der Waals surface area contributed by atoms with Crippen molar-refractivity contribution >= 4 is 24.3 Å². The molecular weight excluding hydrogens is 283 g/mol. The van der Waals surface area contributed by atoms with E-state index in [1.807, 2.05) is 6.92 Å². The molecule has 0 aliphatic carbocycles. The second-order valence-electron chi connectivity index (χ2n) is 6.15. The van der Waals surface area contributed by atoms with Crippen LogP contribution in [0.4, 0.5) is 10.5 Å². The minimum absolute atomic E-state index is 0.282. The summed E-state index contributed by atoms with van der Waals surface area (Å²) in [6.07, 6.45) is 0. The van der Waals surface area contributed by atoms with Crippen LogP contribution in [-0.4, -0.2) is 41.0 Å². The normalized spacial score (nSPS) is 12.0. The molecule has 0 aliphatic rings. The standard InChI is InChI=1S/C15H25BN2O4/c1-6-17-13(19)18-12-9-7-11(8-10-12)16(21)22-15(4,5)14(2,3)20/h7-10,20-21H,6H2,1-5H3,(H2,17,18,19). The highest BCUT2D eigenvalue weighted by Gasteiger charge is 2.39. The molecule has 0 aliphatic heterocycles. The first-order valence-corrected chi connectivity index (χ1v) is 7.30. The van der Waals surface area contributed by atoms with Crippen LogP contribution in [0.25, 0.3) is 0 Å². The molecule has 0 heterocycles. The summed E-state index contributed by atoms with van der Waals surface area (Å²) in [7, 11) is -1.17. The van der Waals surface area contributed by atoms with Crippen LogP contribution in [-0.2, 0) is 4.65 Å². The molecular formula is C15H25BN2O4. The van der Waals surface area contributed by atoms with Gasteiger partial charge >= 0.3 is 13.1 Å². The smallest absolute Gasteiger partial charge is 0.423 e. The summed E-state index contributed by atoms with van der Waals surface area (Å²) >= 11 is 0. The fourth-order valence-electron chi connectivity index (χ4n) is 1.56. The molecule has 0 radical (unpaired) electrons. The van der Waals surface area contributed by atoms with Crippen molar-refractivity contribution < 1.29 is 19.6 Å². The number of hydrogen-bond donors (Lipinski definition) is 4. The summed E-state index contributed by atoms with van der Waals surface area (Å²) in [4.78, 5) is 11.4. The van der Waals surface area contributed by atoms with Gasteiger partial charge in [-0.3, -0.25) is 0 Å². The third-order valence-corrected chi connectivity index (χ3v) is 3.67. The van der Waals surface area contributed by atoms with Gasteiger partial charge in [0.05, 0.1) is 11.2 Å². The Labute approximate surface area is 132 Å². The lowest BCUT2D eigenvalue weighted by Crippen LogP contribution is -2.53. The zero-order chi connectivity index (χ0) is 17.0. The fraction of sp³-hybridized carbons (Fsp3) is 0.533. The van der Waals surface area contributed by atoms with Crippen molar-refractivity contribution in [2.24, 2.45) is 0 Å². The molecule has 4 N–H and O–H groups in total. The molecule has 1 aromatic carbocycles. The lowest BCUT2D eigenvalue weighted by Gasteiger charge is -2.38. The second kappa shape index (κ2) is 7.13. The van der Waals surface area contributed by atoms with Crippen LogP contribution < -0.4 is 16.1 Å². The zero-order valence-corrected chi connectivity index (χ0v) is 13.8. The highest BCUT2D eigenvalue weighted by molar-refractivity contribution is 6.60. The number of nitrogens with one attached hydrogen (secondary N) is 2. The second-order valence-corrected chi connectivity index (χ2v) is 6.15. The van der Waals surface area contributed by atoms with Crippen molar-refractivity contribution in [3.63, 3.8) is 0 Å². The minimum atomic E-state index is -1.17. The van der Waals surface area contributed by atoms with Gasteiger partial charge in [0.25, 0.3) is 0 Å². The van der Waals surface area contributed by atoms with Crippen molar-refractivity contribution in [2.45, 2.75) is 45.8 Å². The van der Waals surface area contributed by atoms with E-state index in [0.717, 1.165) is 0 Å². The van der Waals surface area contributed by atoms with Crippen LogP contribution in [0.5, 0.6) is 0 Å². The van der Waals surface area contributed by atoms with Gasteiger partial charge in [-0.2, -0.15) is 0 Å². The summed E-state index contributed by atoms with van der Waals surface area (Å²) < 4.78 is 5.55. The van der Waals surface area contributed by atoms with Crippen molar-refractivity contribution in [1.82, 2.24) is 5.32 Å². The Balaban J connectivity index is 2.72. The quantitative estimate of drug-likeness (QED) is 0.592. The predicted octanol–water partition coefficient (Wildman–Crippen LogP) is 1.08. The molecule has 0 saturated heterocycles. The Kier molecular flexibility index (Phi) is 5.99. The summed E-state index contributed by atoms with van der Waals surface area (Å²) in [6, 6.07) is 6.39. The van der Waals surface area contributed by atoms with Gasteiger partial charge in [-0.1, -0.05) is 12.1 Å². The molecule has 0 spiro atoms. The van der Waals surface area contributed by atoms with Crippen LogP contribution in [0.2, 0.25) is 0 Å². The summed E-state index contributed by atoms with van der Waals surface area (Å²) in [5.74, 6) is 0. The van der Waals surface area contributed by atoms with E-state index in [1.165, 1.54) is 0 Å². The molecule has 0 atom stereocenters. The van der Waals surface area contributed by atoms with Gasteiger partial charge in [0.1, 0.15) is 0 Å². The van der Waals surface area contributed by atoms with Gasteiger partial charge in [0, 0.05) is 12.2 Å². The van der Waals surface area contributed by atoms with Gasteiger partial charge in [-0.25, -0.2) is 4.79 Å². The van der Waals surface area contributed by atoms with Crippen molar-refractivity contribution in [1.29, 1.82) is 0 Å². The maximum Gasteiger partial charge on any atom is 0.491 e. The molecule has 7 heteroatoms. The largest absolute Gasteiger partial charge is 0.491 e. The number of hydrogen-bond acceptors (Lipinski definition) is 4. The SMILES string of the molecule is CCNC(=O)Nc1ccc(B(O)OC(C)(C)C(C)(C)O)cc1. The minimum Gasteiger partial charge on any atom is -0.423 e. The van der Waals surface area contributed by atoms with Gasteiger partial charge in [-0.05, 0) is 52.2 Å². The summed E-state index contributed by atoms with van der Waals surface area (Å²) in [5.41, 5.74) is -0.875. The highest BCUT2D eigenvalue weighted by Crippen LogP contribution is 2.25. The maximum absolute atomic E-state index is 11.4. The number of urea groups is 1. The first-order valence-electron chi connectivity index (χ1n) is 7.30. The first kappa shape index (κ1) is 18.5. The first-order chi connectivity index (χ1) is 10.1. The molecule has 0 bridgehead atoms. The monoisotopic (exact) mass is 308 g/mol. The molecule has 1 rings (SSSR count). The Morgan fingerprint density at radius 3 is 2.23 bits per heavy atom. The van der Waals surface area contributed by atoms with Gasteiger partial charge in [0.15, 0.2) is 0 Å². The van der Waals surface area contributed by atoms with Crippen LogP contribution in [0.3, 0.4) is 0 Å². The van der Waals surface area contributed by atoms with E-state index >= 15 is 0 Å². The lowest BCUT2D eigenvalue weighted by atomic mass is 9.76. The number of rotatable bonds is 6. The van der Waals surface area contributed by atoms with E-state index in [-0.39, 0.29) is 6.03 Å². The Morgan fingerprint density at radius 1 is 1.23 bits per heavy atom. The number of anilines is 1. The predicted molar refractivity (Wildman–Crippen MR) is 88.2 cm³/mol. The average Bonchev–Trinajstić information content (AvgIpc) is 2.37. The molecule has 0 fully saturated rings. The Bertz CT molecular complexity index is 497.